The van der Waals surface area contributed by atoms with Crippen LogP contribution in [0.5, 0.6) is 5.75 Å². The lowest BCUT2D eigenvalue weighted by Gasteiger charge is -2.51. The third-order valence-corrected chi connectivity index (χ3v) is 13.0. The van der Waals surface area contributed by atoms with Gasteiger partial charge in [-0.1, -0.05) is 29.5 Å². The van der Waals surface area contributed by atoms with Crippen LogP contribution >= 0.6 is 22.7 Å². The molecule has 3 aromatic heterocycles. The minimum Gasteiger partial charge on any atom is -0.463 e. The molecule has 280 valence electrons. The Morgan fingerprint density at radius 3 is 2.53 bits per heavy atom. The molecule has 8 rings (SSSR count). The Bertz CT molecular complexity index is 1980. The summed E-state index contributed by atoms with van der Waals surface area (Å²) >= 11 is 2.74. The van der Waals surface area contributed by atoms with E-state index in [0.29, 0.717) is 29.5 Å². The smallest absolute Gasteiger partial charge is 0.349 e. The molecule has 0 radical (unpaired) electrons. The second kappa shape index (κ2) is 14.9. The van der Waals surface area contributed by atoms with E-state index in [0.717, 1.165) is 91.8 Å². The van der Waals surface area contributed by atoms with Crippen LogP contribution in [0.1, 0.15) is 78.5 Å². The molecule has 1 spiro atoms. The number of aromatic nitrogens is 3. The number of fused-ring (bicyclic) bond motifs is 2. The number of ether oxygens (including phenoxy) is 3. The number of hydrogen-bond acceptors (Lipinski definition) is 12. The normalized spacial score (nSPS) is 19.1. The summed E-state index contributed by atoms with van der Waals surface area (Å²) in [6.45, 7) is 9.13. The molecule has 1 aliphatic carbocycles. The van der Waals surface area contributed by atoms with Crippen molar-refractivity contribution >= 4 is 39.7 Å². The number of aliphatic hydroxyl groups is 2. The van der Waals surface area contributed by atoms with Gasteiger partial charge in [0, 0.05) is 39.0 Å². The van der Waals surface area contributed by atoms with Gasteiger partial charge in [0.25, 0.3) is 0 Å². The maximum Gasteiger partial charge on any atom is 0.349 e. The van der Waals surface area contributed by atoms with Crippen molar-refractivity contribution in [3.05, 3.63) is 97.9 Å². The van der Waals surface area contributed by atoms with Crippen LogP contribution in [0.25, 0.3) is 11.0 Å². The summed E-state index contributed by atoms with van der Waals surface area (Å²) in [4.78, 5) is 17.1. The van der Waals surface area contributed by atoms with Gasteiger partial charge in [0.15, 0.2) is 0 Å². The number of aryl methyl sites for hydroxylation is 1. The fraction of sp³-hybridized carbons (Fsp3) is 0.475. The van der Waals surface area contributed by atoms with Gasteiger partial charge in [-0.25, -0.2) is 9.48 Å². The SMILES string of the molecule is CC1(C)OCc2cc([C@@H](O)CNCc3ccc4c(c3)nnn4CCCN3CCC4(CC3)CC(OC(=O)C(O)(c3cccs3)c3cccs3)C4)ccc2O1. The lowest BCUT2D eigenvalue weighted by Crippen LogP contribution is -2.52. The molecule has 1 saturated carbocycles. The Labute approximate surface area is 317 Å². The number of likely N-dealkylation sites (tertiary alicyclic amines) is 1. The molecule has 5 heterocycles. The van der Waals surface area contributed by atoms with E-state index in [1.807, 2.05) is 59.6 Å². The number of nitrogens with zero attached hydrogens (tertiary/aromatic N) is 4. The zero-order chi connectivity index (χ0) is 36.6. The third-order valence-electron chi connectivity index (χ3n) is 11.1. The first kappa shape index (κ1) is 36.3. The van der Waals surface area contributed by atoms with Crippen LogP contribution in [0.3, 0.4) is 0 Å². The summed E-state index contributed by atoms with van der Waals surface area (Å²) in [5.74, 6) is -0.412. The van der Waals surface area contributed by atoms with E-state index in [2.05, 4.69) is 38.7 Å². The highest BCUT2D eigenvalue weighted by Gasteiger charge is 2.51. The zero-order valence-corrected chi connectivity index (χ0v) is 31.8. The quantitative estimate of drug-likeness (QED) is 0.121. The Morgan fingerprint density at radius 1 is 1.06 bits per heavy atom. The van der Waals surface area contributed by atoms with Crippen molar-refractivity contribution in [2.75, 3.05) is 26.2 Å². The number of thiophene rings is 2. The summed E-state index contributed by atoms with van der Waals surface area (Å²) in [6, 6.07) is 19.3. The standard InChI is InChI=1S/C40H47N5O6S2/c1-38(2)49-26-29-21-28(9-11-34(29)51-38)33(46)25-41-24-27-8-10-32-31(20-27)42-43-45(32)15-5-14-44-16-12-39(13-17-44)22-30(23-39)50-37(47)40(48,35-6-3-18-52-35)36-7-4-19-53-36/h3-4,6-11,18-21,30,33,41,46,48H,5,12-17,22-26H2,1-2H3/t33-/m0/s1. The van der Waals surface area contributed by atoms with Crippen molar-refractivity contribution in [2.45, 2.75) is 89.2 Å². The fourth-order valence-electron chi connectivity index (χ4n) is 7.95. The number of hydrogen-bond donors (Lipinski definition) is 3. The monoisotopic (exact) mass is 757 g/mol. The average molecular weight is 758 g/mol. The molecule has 2 fully saturated rings. The Balaban J connectivity index is 0.758. The molecule has 13 heteroatoms. The van der Waals surface area contributed by atoms with Crippen molar-refractivity contribution in [3.8, 4) is 5.75 Å². The summed E-state index contributed by atoms with van der Waals surface area (Å²) in [5.41, 5.74) is 3.22. The molecule has 3 aliphatic rings. The highest BCUT2D eigenvalue weighted by molar-refractivity contribution is 7.12. The largest absolute Gasteiger partial charge is 0.463 e. The molecule has 53 heavy (non-hydrogen) atoms. The summed E-state index contributed by atoms with van der Waals surface area (Å²) < 4.78 is 19.6. The van der Waals surface area contributed by atoms with E-state index in [1.165, 1.54) is 22.7 Å². The lowest BCUT2D eigenvalue weighted by atomic mass is 9.61. The number of esters is 1. The van der Waals surface area contributed by atoms with Gasteiger partial charge in [-0.05, 0) is 115 Å². The van der Waals surface area contributed by atoms with Gasteiger partial charge >= 0.3 is 5.97 Å². The molecule has 2 aromatic carbocycles. The molecule has 5 aromatic rings. The number of aliphatic hydroxyl groups excluding tert-OH is 1. The summed E-state index contributed by atoms with van der Waals surface area (Å²) in [5, 5.41) is 38.4. The van der Waals surface area contributed by atoms with Crippen LogP contribution < -0.4 is 10.1 Å². The van der Waals surface area contributed by atoms with Crippen LogP contribution in [0.2, 0.25) is 0 Å². The average Bonchev–Trinajstić information content (AvgIpc) is 3.95. The fourth-order valence-corrected chi connectivity index (χ4v) is 9.66. The Morgan fingerprint density at radius 2 is 1.81 bits per heavy atom. The van der Waals surface area contributed by atoms with Crippen molar-refractivity contribution in [1.82, 2.24) is 25.2 Å². The maximum atomic E-state index is 13.4. The van der Waals surface area contributed by atoms with E-state index in [-0.39, 0.29) is 11.5 Å². The third kappa shape index (κ3) is 7.66. The molecule has 3 N–H and O–H groups in total. The first-order valence-electron chi connectivity index (χ1n) is 18.5. The van der Waals surface area contributed by atoms with E-state index >= 15 is 0 Å². The molecular weight excluding hydrogens is 711 g/mol. The molecule has 2 aliphatic heterocycles. The summed E-state index contributed by atoms with van der Waals surface area (Å²) in [7, 11) is 0. The predicted molar refractivity (Wildman–Crippen MR) is 204 cm³/mol. The van der Waals surface area contributed by atoms with Gasteiger partial charge in [-0.3, -0.25) is 0 Å². The Kier molecular flexibility index (Phi) is 10.2. The van der Waals surface area contributed by atoms with Crippen LogP contribution in [0, 0.1) is 5.41 Å². The van der Waals surface area contributed by atoms with Crippen molar-refractivity contribution in [3.63, 3.8) is 0 Å². The molecule has 1 atom stereocenters. The predicted octanol–water partition coefficient (Wildman–Crippen LogP) is 6.14. The minimum atomic E-state index is -1.75. The van der Waals surface area contributed by atoms with Crippen LogP contribution in [-0.4, -0.2) is 74.1 Å². The second-order valence-electron chi connectivity index (χ2n) is 15.2. The number of nitrogens with one attached hydrogen (secondary N) is 1. The second-order valence-corrected chi connectivity index (χ2v) is 17.1. The number of piperidine rings is 1. The van der Waals surface area contributed by atoms with Crippen LogP contribution in [0.4, 0.5) is 0 Å². The zero-order valence-electron chi connectivity index (χ0n) is 30.2. The minimum absolute atomic E-state index is 0.150. The molecule has 11 nitrogen and oxygen atoms in total. The van der Waals surface area contributed by atoms with E-state index in [1.54, 1.807) is 12.1 Å². The van der Waals surface area contributed by atoms with E-state index < -0.39 is 23.5 Å². The van der Waals surface area contributed by atoms with Gasteiger partial charge in [0.05, 0.1) is 28.0 Å². The van der Waals surface area contributed by atoms with Gasteiger partial charge in [0.2, 0.25) is 11.4 Å². The molecule has 0 amide bonds. The molecule has 0 bridgehead atoms. The van der Waals surface area contributed by atoms with E-state index in [9.17, 15) is 15.0 Å². The summed E-state index contributed by atoms with van der Waals surface area (Å²) in [6.07, 6.45) is 4.09. The van der Waals surface area contributed by atoms with Crippen molar-refractivity contribution in [1.29, 1.82) is 0 Å². The number of carbonyl (C=O) groups is 1. The van der Waals surface area contributed by atoms with Crippen LogP contribution in [-0.2, 0) is 39.6 Å². The van der Waals surface area contributed by atoms with Gasteiger partial charge in [0.1, 0.15) is 17.4 Å². The maximum absolute atomic E-state index is 13.4. The topological polar surface area (TPSA) is 131 Å². The first-order valence-corrected chi connectivity index (χ1v) is 20.3. The molecule has 1 saturated heterocycles. The van der Waals surface area contributed by atoms with Gasteiger partial charge in [-0.15, -0.1) is 27.8 Å². The highest BCUT2D eigenvalue weighted by Crippen LogP contribution is 2.51. The lowest BCUT2D eigenvalue weighted by molar-refractivity contribution is -0.182. The number of carbonyl (C=O) groups excluding carboxylic acids is 1. The first-order chi connectivity index (χ1) is 25.6. The molecular formula is C40H47N5O6S2. The van der Waals surface area contributed by atoms with Gasteiger partial charge < -0.3 is 34.6 Å². The Hall–Kier alpha value is -3.69. The van der Waals surface area contributed by atoms with Crippen LogP contribution in [0.15, 0.2) is 71.4 Å². The molecule has 0 unspecified atom stereocenters. The number of rotatable bonds is 13. The van der Waals surface area contributed by atoms with Crippen molar-refractivity contribution < 1.29 is 29.2 Å². The van der Waals surface area contributed by atoms with E-state index in [4.69, 9.17) is 14.2 Å². The number of benzene rings is 2. The van der Waals surface area contributed by atoms with Crippen molar-refractivity contribution in [2.24, 2.45) is 5.41 Å². The van der Waals surface area contributed by atoms with Gasteiger partial charge in [-0.2, -0.15) is 0 Å². The highest BCUT2D eigenvalue weighted by atomic mass is 32.1.